The Balaban J connectivity index is 3.22. The summed E-state index contributed by atoms with van der Waals surface area (Å²) in [5.41, 5.74) is 7.76. The van der Waals surface area contributed by atoms with Crippen molar-refractivity contribution >= 4 is 0 Å². The maximum absolute atomic E-state index is 5.66. The van der Waals surface area contributed by atoms with Crippen molar-refractivity contribution < 1.29 is 4.74 Å². The van der Waals surface area contributed by atoms with Gasteiger partial charge in [-0.15, -0.1) is 0 Å². The lowest BCUT2D eigenvalue weighted by molar-refractivity contribution is 0.391. The van der Waals surface area contributed by atoms with Gasteiger partial charge < -0.3 is 10.5 Å². The third-order valence-electron chi connectivity index (χ3n) is 2.09. The van der Waals surface area contributed by atoms with Crippen LogP contribution in [0.15, 0.2) is 12.1 Å². The van der Waals surface area contributed by atoms with Gasteiger partial charge in [0.15, 0.2) is 0 Å². The van der Waals surface area contributed by atoms with E-state index in [4.69, 9.17) is 10.5 Å². The second-order valence-electron chi connectivity index (χ2n) is 4.32. The van der Waals surface area contributed by atoms with E-state index >= 15 is 0 Å². The third-order valence-corrected chi connectivity index (χ3v) is 2.09. The van der Waals surface area contributed by atoms with Crippen LogP contribution in [-0.2, 0) is 12.0 Å². The molecule has 1 aromatic heterocycles. The number of hydrogen-bond acceptors (Lipinski definition) is 3. The predicted molar refractivity (Wildman–Crippen MR) is 57.4 cm³/mol. The molecule has 0 amide bonds. The smallest absolute Gasteiger partial charge is 0.213 e. The van der Waals surface area contributed by atoms with Gasteiger partial charge in [-0.05, 0) is 5.56 Å². The van der Waals surface area contributed by atoms with Crippen LogP contribution in [0.2, 0.25) is 0 Å². The van der Waals surface area contributed by atoms with Gasteiger partial charge in [0.2, 0.25) is 5.88 Å². The van der Waals surface area contributed by atoms with E-state index in [0.717, 1.165) is 11.3 Å². The summed E-state index contributed by atoms with van der Waals surface area (Å²) in [7, 11) is 1.62. The molecule has 1 aromatic rings. The first kappa shape index (κ1) is 11.0. The summed E-state index contributed by atoms with van der Waals surface area (Å²) in [5, 5.41) is 0. The molecule has 0 spiro atoms. The van der Waals surface area contributed by atoms with Crippen LogP contribution in [0.25, 0.3) is 0 Å². The molecule has 0 fully saturated rings. The number of aromatic nitrogens is 1. The number of nitrogens with zero attached hydrogens (tertiary/aromatic N) is 1. The van der Waals surface area contributed by atoms with Gasteiger partial charge in [-0.1, -0.05) is 26.8 Å². The van der Waals surface area contributed by atoms with Crippen molar-refractivity contribution in [3.05, 3.63) is 23.4 Å². The molecule has 3 nitrogen and oxygen atoms in total. The first-order valence-electron chi connectivity index (χ1n) is 4.73. The number of hydrogen-bond donors (Lipinski definition) is 1. The number of nitrogens with two attached hydrogens (primary N) is 1. The summed E-state index contributed by atoms with van der Waals surface area (Å²) in [6.07, 6.45) is 0. The second kappa shape index (κ2) is 3.96. The molecule has 3 heteroatoms. The summed E-state index contributed by atoms with van der Waals surface area (Å²) in [4.78, 5) is 4.43. The molecule has 78 valence electrons. The standard InChI is InChI=1S/C11H18N2O/c1-11(2,3)10-8(7-12)5-6-9(13-10)14-4/h5-6H,7,12H2,1-4H3. The van der Waals surface area contributed by atoms with Crippen LogP contribution in [0.5, 0.6) is 5.88 Å². The summed E-state index contributed by atoms with van der Waals surface area (Å²) in [6.45, 7) is 6.87. The van der Waals surface area contributed by atoms with Crippen LogP contribution >= 0.6 is 0 Å². The Labute approximate surface area is 85.3 Å². The van der Waals surface area contributed by atoms with E-state index in [0.29, 0.717) is 12.4 Å². The zero-order valence-corrected chi connectivity index (χ0v) is 9.29. The molecule has 14 heavy (non-hydrogen) atoms. The van der Waals surface area contributed by atoms with E-state index < -0.39 is 0 Å². The van der Waals surface area contributed by atoms with Crippen LogP contribution in [0, 0.1) is 0 Å². The fourth-order valence-electron chi connectivity index (χ4n) is 1.40. The summed E-state index contributed by atoms with van der Waals surface area (Å²) in [6, 6.07) is 3.82. The number of rotatable bonds is 2. The summed E-state index contributed by atoms with van der Waals surface area (Å²) >= 11 is 0. The lowest BCUT2D eigenvalue weighted by atomic mass is 9.88. The van der Waals surface area contributed by atoms with Crippen LogP contribution in [0.1, 0.15) is 32.0 Å². The molecule has 0 radical (unpaired) electrons. The molecule has 0 aliphatic rings. The first-order valence-corrected chi connectivity index (χ1v) is 4.73. The summed E-state index contributed by atoms with van der Waals surface area (Å²) in [5.74, 6) is 0.645. The highest BCUT2D eigenvalue weighted by Crippen LogP contribution is 2.25. The Morgan fingerprint density at radius 2 is 2.00 bits per heavy atom. The molecule has 0 saturated heterocycles. The maximum Gasteiger partial charge on any atom is 0.213 e. The monoisotopic (exact) mass is 194 g/mol. The Morgan fingerprint density at radius 3 is 2.43 bits per heavy atom. The van der Waals surface area contributed by atoms with Gasteiger partial charge in [0.25, 0.3) is 0 Å². The summed E-state index contributed by atoms with van der Waals surface area (Å²) < 4.78 is 5.10. The van der Waals surface area contributed by atoms with Crippen molar-refractivity contribution in [3.63, 3.8) is 0 Å². The Morgan fingerprint density at radius 1 is 1.36 bits per heavy atom. The Kier molecular flexibility index (Phi) is 3.11. The lowest BCUT2D eigenvalue weighted by Gasteiger charge is -2.21. The SMILES string of the molecule is COc1ccc(CN)c(C(C)(C)C)n1. The van der Waals surface area contributed by atoms with Crippen molar-refractivity contribution in [2.75, 3.05) is 7.11 Å². The first-order chi connectivity index (χ1) is 6.49. The molecule has 0 bridgehead atoms. The van der Waals surface area contributed by atoms with Crippen molar-refractivity contribution in [1.82, 2.24) is 4.98 Å². The normalized spacial score (nSPS) is 11.5. The van der Waals surface area contributed by atoms with E-state index in [9.17, 15) is 0 Å². The van der Waals surface area contributed by atoms with Gasteiger partial charge in [0, 0.05) is 18.0 Å². The minimum atomic E-state index is 0.00322. The highest BCUT2D eigenvalue weighted by atomic mass is 16.5. The largest absolute Gasteiger partial charge is 0.481 e. The lowest BCUT2D eigenvalue weighted by Crippen LogP contribution is -2.18. The van der Waals surface area contributed by atoms with Gasteiger partial charge in [-0.2, -0.15) is 0 Å². The highest BCUT2D eigenvalue weighted by Gasteiger charge is 2.19. The predicted octanol–water partition coefficient (Wildman–Crippen LogP) is 1.85. The number of ether oxygens (including phenoxy) is 1. The number of methoxy groups -OCH3 is 1. The molecular formula is C11H18N2O. The van der Waals surface area contributed by atoms with Crippen molar-refractivity contribution in [2.24, 2.45) is 5.73 Å². The molecule has 0 aliphatic carbocycles. The van der Waals surface area contributed by atoms with Crippen molar-refractivity contribution in [2.45, 2.75) is 32.7 Å². The molecule has 0 saturated carbocycles. The van der Waals surface area contributed by atoms with Crippen LogP contribution in [0.4, 0.5) is 0 Å². The molecule has 2 N–H and O–H groups in total. The highest BCUT2D eigenvalue weighted by molar-refractivity contribution is 5.30. The molecule has 0 aromatic carbocycles. The molecule has 0 aliphatic heterocycles. The van der Waals surface area contributed by atoms with E-state index in [-0.39, 0.29) is 5.41 Å². The van der Waals surface area contributed by atoms with Gasteiger partial charge >= 0.3 is 0 Å². The van der Waals surface area contributed by atoms with Gasteiger partial charge in [0.1, 0.15) is 0 Å². The van der Waals surface area contributed by atoms with Crippen LogP contribution in [-0.4, -0.2) is 12.1 Å². The molecule has 1 rings (SSSR count). The maximum atomic E-state index is 5.66. The zero-order chi connectivity index (χ0) is 10.8. The second-order valence-corrected chi connectivity index (χ2v) is 4.32. The van der Waals surface area contributed by atoms with Crippen LogP contribution in [0.3, 0.4) is 0 Å². The fourth-order valence-corrected chi connectivity index (χ4v) is 1.40. The van der Waals surface area contributed by atoms with Crippen molar-refractivity contribution in [3.8, 4) is 5.88 Å². The number of pyridine rings is 1. The molecule has 1 heterocycles. The van der Waals surface area contributed by atoms with E-state index in [1.807, 2.05) is 12.1 Å². The van der Waals surface area contributed by atoms with Gasteiger partial charge in [-0.25, -0.2) is 4.98 Å². The Hall–Kier alpha value is -1.09. The van der Waals surface area contributed by atoms with Crippen molar-refractivity contribution in [1.29, 1.82) is 0 Å². The minimum absolute atomic E-state index is 0.00322. The fraction of sp³-hybridized carbons (Fsp3) is 0.545. The van der Waals surface area contributed by atoms with Crippen LogP contribution < -0.4 is 10.5 Å². The zero-order valence-electron chi connectivity index (χ0n) is 9.29. The topological polar surface area (TPSA) is 48.1 Å². The van der Waals surface area contributed by atoms with E-state index in [1.54, 1.807) is 7.11 Å². The molecular weight excluding hydrogens is 176 g/mol. The average Bonchev–Trinajstić information content (AvgIpc) is 2.15. The van der Waals surface area contributed by atoms with E-state index in [2.05, 4.69) is 25.8 Å². The average molecular weight is 194 g/mol. The van der Waals surface area contributed by atoms with Gasteiger partial charge in [-0.3, -0.25) is 0 Å². The minimum Gasteiger partial charge on any atom is -0.481 e. The van der Waals surface area contributed by atoms with E-state index in [1.165, 1.54) is 0 Å². The Bertz CT molecular complexity index is 316. The quantitative estimate of drug-likeness (QED) is 0.781. The van der Waals surface area contributed by atoms with Gasteiger partial charge in [0.05, 0.1) is 12.8 Å². The molecule has 0 atom stereocenters. The third kappa shape index (κ3) is 2.23. The molecule has 0 unspecified atom stereocenters.